The summed E-state index contributed by atoms with van der Waals surface area (Å²) in [5.41, 5.74) is 2.89. The zero-order valence-electron chi connectivity index (χ0n) is 15.9. The summed E-state index contributed by atoms with van der Waals surface area (Å²) in [6, 6.07) is 13.4. The largest absolute Gasteiger partial charge is 0.492 e. The van der Waals surface area contributed by atoms with Gasteiger partial charge in [0.2, 0.25) is 0 Å². The van der Waals surface area contributed by atoms with Crippen molar-refractivity contribution in [3.8, 4) is 11.5 Å². The van der Waals surface area contributed by atoms with Crippen molar-refractivity contribution in [3.63, 3.8) is 0 Å². The van der Waals surface area contributed by atoms with Gasteiger partial charge in [0.05, 0.1) is 24.5 Å². The van der Waals surface area contributed by atoms with Gasteiger partial charge in [-0.25, -0.2) is 8.42 Å². The van der Waals surface area contributed by atoms with Gasteiger partial charge in [-0.1, -0.05) is 18.2 Å². The second kappa shape index (κ2) is 7.94. The zero-order chi connectivity index (χ0) is 20.4. The van der Waals surface area contributed by atoms with Crippen LogP contribution in [0.5, 0.6) is 11.5 Å². The van der Waals surface area contributed by atoms with E-state index in [2.05, 4.69) is 4.90 Å². The van der Waals surface area contributed by atoms with Gasteiger partial charge >= 0.3 is 5.97 Å². The fourth-order valence-electron chi connectivity index (χ4n) is 3.71. The average molecular weight is 417 g/mol. The molecule has 2 aromatic rings. The number of nitrogens with zero attached hydrogens (tertiary/aromatic N) is 1. The van der Waals surface area contributed by atoms with E-state index in [4.69, 9.17) is 14.6 Å². The van der Waals surface area contributed by atoms with E-state index >= 15 is 0 Å². The number of aliphatic carboxylic acids is 1. The van der Waals surface area contributed by atoms with Gasteiger partial charge in [-0.15, -0.1) is 0 Å². The molecule has 0 spiro atoms. The molecule has 2 heterocycles. The van der Waals surface area contributed by atoms with Gasteiger partial charge in [0.1, 0.15) is 18.1 Å². The number of carboxylic acids is 1. The van der Waals surface area contributed by atoms with Gasteiger partial charge in [-0.05, 0) is 23.8 Å². The lowest BCUT2D eigenvalue weighted by atomic mass is 9.98. The van der Waals surface area contributed by atoms with Crippen molar-refractivity contribution in [1.29, 1.82) is 0 Å². The van der Waals surface area contributed by atoms with E-state index in [-0.39, 0.29) is 23.8 Å². The first kappa shape index (κ1) is 19.6. The van der Waals surface area contributed by atoms with Crippen LogP contribution in [0.2, 0.25) is 0 Å². The highest BCUT2D eigenvalue weighted by Gasteiger charge is 2.26. The summed E-state index contributed by atoms with van der Waals surface area (Å²) in [5, 5.41) is 8.99. The molecule has 154 valence electrons. The smallest absolute Gasteiger partial charge is 0.304 e. The summed E-state index contributed by atoms with van der Waals surface area (Å²) < 4.78 is 34.8. The molecule has 1 atom stereocenters. The number of rotatable bonds is 6. The molecule has 0 saturated carbocycles. The van der Waals surface area contributed by atoms with Crippen LogP contribution in [0.25, 0.3) is 0 Å². The Balaban J connectivity index is 1.39. The van der Waals surface area contributed by atoms with Gasteiger partial charge in [0, 0.05) is 36.3 Å². The maximum Gasteiger partial charge on any atom is 0.304 e. The fraction of sp³-hybridized carbons (Fsp3) is 0.381. The van der Waals surface area contributed by atoms with Crippen molar-refractivity contribution in [2.45, 2.75) is 18.9 Å². The molecule has 4 rings (SSSR count). The van der Waals surface area contributed by atoms with Crippen LogP contribution in [0.15, 0.2) is 42.5 Å². The van der Waals surface area contributed by atoms with E-state index in [9.17, 15) is 13.2 Å². The van der Waals surface area contributed by atoms with Crippen LogP contribution in [-0.2, 0) is 21.2 Å². The number of anilines is 1. The first-order chi connectivity index (χ1) is 13.9. The number of fused-ring (bicyclic) bond motifs is 1. The normalized spacial score (nSPS) is 20.0. The molecule has 0 amide bonds. The zero-order valence-corrected chi connectivity index (χ0v) is 16.7. The maximum atomic E-state index is 11.6. The molecular formula is C21H23NO6S. The van der Waals surface area contributed by atoms with Crippen molar-refractivity contribution >= 4 is 21.5 Å². The monoisotopic (exact) mass is 417 g/mol. The second-order valence-corrected chi connectivity index (χ2v) is 9.71. The van der Waals surface area contributed by atoms with E-state index in [0.717, 1.165) is 16.8 Å². The Morgan fingerprint density at radius 3 is 2.72 bits per heavy atom. The Morgan fingerprint density at radius 2 is 1.97 bits per heavy atom. The predicted molar refractivity (Wildman–Crippen MR) is 109 cm³/mol. The minimum absolute atomic E-state index is 0.0534. The van der Waals surface area contributed by atoms with Crippen LogP contribution >= 0.6 is 0 Å². The van der Waals surface area contributed by atoms with E-state index in [1.165, 1.54) is 0 Å². The number of carboxylic acid groups (broad SMARTS) is 1. The van der Waals surface area contributed by atoms with Crippen molar-refractivity contribution < 1.29 is 27.8 Å². The number of benzene rings is 2. The molecule has 1 fully saturated rings. The third-order valence-corrected chi connectivity index (χ3v) is 6.92. The number of hydrogen-bond donors (Lipinski definition) is 1. The predicted octanol–water partition coefficient (Wildman–Crippen LogP) is 2.45. The number of sulfone groups is 1. The molecule has 7 nitrogen and oxygen atoms in total. The number of carbonyl (C=O) groups is 1. The lowest BCUT2D eigenvalue weighted by Gasteiger charge is -2.29. The molecule has 29 heavy (non-hydrogen) atoms. The summed E-state index contributed by atoms with van der Waals surface area (Å²) in [7, 11) is -2.91. The maximum absolute atomic E-state index is 11.6. The Kier molecular flexibility index (Phi) is 5.36. The van der Waals surface area contributed by atoms with Crippen LogP contribution in [-0.4, -0.2) is 50.7 Å². The molecule has 0 radical (unpaired) electrons. The van der Waals surface area contributed by atoms with Crippen LogP contribution in [0.4, 0.5) is 5.69 Å². The fourth-order valence-corrected chi connectivity index (χ4v) is 4.91. The van der Waals surface area contributed by atoms with Crippen LogP contribution in [0.1, 0.15) is 23.5 Å². The third kappa shape index (κ3) is 4.64. The molecule has 1 unspecified atom stereocenters. The highest BCUT2D eigenvalue weighted by atomic mass is 32.2. The highest BCUT2D eigenvalue weighted by molar-refractivity contribution is 7.91. The SMILES string of the molecule is O=C(O)CC1COc2cc(OCc3cccc(N4CCS(=O)(=O)CC4)c3)ccc21. The van der Waals surface area contributed by atoms with Gasteiger partial charge in [-0.2, -0.15) is 0 Å². The topological polar surface area (TPSA) is 93.1 Å². The Morgan fingerprint density at radius 1 is 1.17 bits per heavy atom. The summed E-state index contributed by atoms with van der Waals surface area (Å²) in [6.45, 7) is 1.76. The summed E-state index contributed by atoms with van der Waals surface area (Å²) >= 11 is 0. The van der Waals surface area contributed by atoms with E-state index < -0.39 is 15.8 Å². The molecule has 0 aliphatic carbocycles. The number of ether oxygens (including phenoxy) is 2. The average Bonchev–Trinajstić information content (AvgIpc) is 3.08. The Labute approximate surface area is 169 Å². The molecule has 8 heteroatoms. The number of hydrogen-bond acceptors (Lipinski definition) is 6. The molecule has 0 bridgehead atoms. The Hall–Kier alpha value is -2.74. The molecule has 0 aromatic heterocycles. The Bertz CT molecular complexity index is 1010. The van der Waals surface area contributed by atoms with Gasteiger partial charge < -0.3 is 19.5 Å². The lowest BCUT2D eigenvalue weighted by molar-refractivity contribution is -0.137. The van der Waals surface area contributed by atoms with E-state index in [1.54, 1.807) is 6.07 Å². The summed E-state index contributed by atoms with van der Waals surface area (Å²) in [6.07, 6.45) is 0.0534. The van der Waals surface area contributed by atoms with Crippen molar-refractivity contribution in [2.24, 2.45) is 0 Å². The van der Waals surface area contributed by atoms with Crippen molar-refractivity contribution in [1.82, 2.24) is 0 Å². The quantitative estimate of drug-likeness (QED) is 0.772. The van der Waals surface area contributed by atoms with Gasteiger partial charge in [0.15, 0.2) is 9.84 Å². The van der Waals surface area contributed by atoms with Gasteiger partial charge in [-0.3, -0.25) is 4.79 Å². The molecule has 1 N–H and O–H groups in total. The van der Waals surface area contributed by atoms with E-state index in [0.29, 0.717) is 37.8 Å². The van der Waals surface area contributed by atoms with Crippen molar-refractivity contribution in [3.05, 3.63) is 53.6 Å². The van der Waals surface area contributed by atoms with Crippen LogP contribution < -0.4 is 14.4 Å². The molecule has 2 aliphatic rings. The van der Waals surface area contributed by atoms with E-state index in [1.807, 2.05) is 36.4 Å². The molecular weight excluding hydrogens is 394 g/mol. The summed E-state index contributed by atoms with van der Waals surface area (Å²) in [5.74, 6) is 0.753. The van der Waals surface area contributed by atoms with Crippen molar-refractivity contribution in [2.75, 3.05) is 36.1 Å². The first-order valence-electron chi connectivity index (χ1n) is 9.55. The second-order valence-electron chi connectivity index (χ2n) is 7.40. The first-order valence-corrected chi connectivity index (χ1v) is 11.4. The van der Waals surface area contributed by atoms with Crippen LogP contribution in [0.3, 0.4) is 0 Å². The van der Waals surface area contributed by atoms with Crippen LogP contribution in [0, 0.1) is 0 Å². The molecule has 1 saturated heterocycles. The summed E-state index contributed by atoms with van der Waals surface area (Å²) in [4.78, 5) is 13.0. The molecule has 2 aliphatic heterocycles. The third-order valence-electron chi connectivity index (χ3n) is 5.31. The molecule has 2 aromatic carbocycles. The minimum atomic E-state index is -2.91. The van der Waals surface area contributed by atoms with Gasteiger partial charge in [0.25, 0.3) is 0 Å². The highest BCUT2D eigenvalue weighted by Crippen LogP contribution is 2.38. The lowest BCUT2D eigenvalue weighted by Crippen LogP contribution is -2.40. The minimum Gasteiger partial charge on any atom is -0.492 e. The standard InChI is InChI=1S/C21H23NO6S/c23-21(24)11-16-14-28-20-12-18(4-5-19(16)20)27-13-15-2-1-3-17(10-15)22-6-8-29(25,26)9-7-22/h1-5,10,12,16H,6-9,11,13-14H2,(H,23,24).